The van der Waals surface area contributed by atoms with Crippen LogP contribution in [0.1, 0.15) is 22.2 Å². The van der Waals surface area contributed by atoms with Gasteiger partial charge in [0.1, 0.15) is 16.4 Å². The van der Waals surface area contributed by atoms with Crippen LogP contribution in [0.3, 0.4) is 0 Å². The highest BCUT2D eigenvalue weighted by Crippen LogP contribution is 2.35. The lowest BCUT2D eigenvalue weighted by molar-refractivity contribution is -0.127. The van der Waals surface area contributed by atoms with Gasteiger partial charge in [-0.3, -0.25) is 4.79 Å². The molecule has 0 aliphatic carbocycles. The molecule has 0 spiro atoms. The van der Waals surface area contributed by atoms with Crippen LogP contribution < -0.4 is 14.9 Å². The molecule has 0 saturated heterocycles. The maximum Gasteiger partial charge on any atom is 0.355 e. The summed E-state index contributed by atoms with van der Waals surface area (Å²) in [4.78, 5) is 25.2. The topological polar surface area (TPSA) is 77.0 Å². The first-order valence-corrected chi connectivity index (χ1v) is 11.7. The summed E-state index contributed by atoms with van der Waals surface area (Å²) in [6.07, 6.45) is 0.655. The number of halogens is 2. The number of thiophene rings is 1. The van der Waals surface area contributed by atoms with Crippen molar-refractivity contribution in [3.05, 3.63) is 93.3 Å². The standard InChI is InChI=1S/C25H18Cl2N2O4S/c1-15(32-19-9-5-7-17(26)13-19)24(30)29-28-14-16-6-4-8-18(12-16)33-25(31)23-22(27)20-10-2-3-11-21(20)34-23/h2-15H,1H3,(H,29,30)/b28-14-/t15-/m0/s1. The number of rotatable bonds is 7. The van der Waals surface area contributed by atoms with Gasteiger partial charge in [-0.25, -0.2) is 10.2 Å². The normalized spacial score (nSPS) is 12.0. The Labute approximate surface area is 209 Å². The summed E-state index contributed by atoms with van der Waals surface area (Å²) < 4.78 is 12.0. The van der Waals surface area contributed by atoms with Gasteiger partial charge in [-0.1, -0.05) is 59.6 Å². The second-order valence-corrected chi connectivity index (χ2v) is 9.02. The Balaban J connectivity index is 1.36. The number of ether oxygens (including phenoxy) is 2. The van der Waals surface area contributed by atoms with Gasteiger partial charge >= 0.3 is 5.97 Å². The van der Waals surface area contributed by atoms with E-state index in [0.717, 1.165) is 10.1 Å². The van der Waals surface area contributed by atoms with Crippen LogP contribution in [0.25, 0.3) is 10.1 Å². The fourth-order valence-electron chi connectivity index (χ4n) is 3.02. The zero-order chi connectivity index (χ0) is 24.1. The third-order valence-corrected chi connectivity index (χ3v) is 6.55. The van der Waals surface area contributed by atoms with Crippen molar-refractivity contribution in [2.75, 3.05) is 0 Å². The second kappa shape index (κ2) is 10.7. The van der Waals surface area contributed by atoms with Gasteiger partial charge in [-0.05, 0) is 48.9 Å². The summed E-state index contributed by atoms with van der Waals surface area (Å²) in [6.45, 7) is 1.60. The van der Waals surface area contributed by atoms with Gasteiger partial charge in [0.25, 0.3) is 5.91 Å². The first-order chi connectivity index (χ1) is 16.4. The summed E-state index contributed by atoms with van der Waals surface area (Å²) >= 11 is 13.6. The molecule has 1 heterocycles. The number of esters is 1. The van der Waals surface area contributed by atoms with Gasteiger partial charge in [0, 0.05) is 15.1 Å². The average molecular weight is 513 g/mol. The number of nitrogens with one attached hydrogen (secondary N) is 1. The first-order valence-electron chi connectivity index (χ1n) is 10.1. The van der Waals surface area contributed by atoms with E-state index in [1.165, 1.54) is 17.6 Å². The van der Waals surface area contributed by atoms with Crippen LogP contribution in [0, 0.1) is 0 Å². The molecule has 0 aliphatic heterocycles. The summed E-state index contributed by atoms with van der Waals surface area (Å²) in [6, 6.07) is 21.0. The van der Waals surface area contributed by atoms with Crippen molar-refractivity contribution in [2.24, 2.45) is 5.10 Å². The van der Waals surface area contributed by atoms with Gasteiger partial charge in [0.2, 0.25) is 0 Å². The molecule has 1 amide bonds. The number of benzene rings is 3. The largest absolute Gasteiger partial charge is 0.481 e. The molecular formula is C25H18Cl2N2O4S. The molecule has 6 nitrogen and oxygen atoms in total. The maximum absolute atomic E-state index is 12.7. The quantitative estimate of drug-likeness (QED) is 0.135. The minimum atomic E-state index is -0.783. The summed E-state index contributed by atoms with van der Waals surface area (Å²) in [5.41, 5.74) is 3.04. The smallest absolute Gasteiger partial charge is 0.355 e. The lowest BCUT2D eigenvalue weighted by Gasteiger charge is -2.12. The lowest BCUT2D eigenvalue weighted by atomic mass is 10.2. The van der Waals surface area contributed by atoms with E-state index in [4.69, 9.17) is 32.7 Å². The van der Waals surface area contributed by atoms with E-state index in [-0.39, 0.29) is 0 Å². The average Bonchev–Trinajstić information content (AvgIpc) is 3.16. The Morgan fingerprint density at radius 3 is 2.56 bits per heavy atom. The number of nitrogens with zero attached hydrogens (tertiary/aromatic N) is 1. The molecule has 0 aliphatic rings. The Kier molecular flexibility index (Phi) is 7.47. The fourth-order valence-corrected chi connectivity index (χ4v) is 4.58. The van der Waals surface area contributed by atoms with Crippen molar-refractivity contribution in [1.29, 1.82) is 0 Å². The van der Waals surface area contributed by atoms with E-state index < -0.39 is 18.0 Å². The molecule has 0 radical (unpaired) electrons. The third-order valence-electron chi connectivity index (χ3n) is 4.66. The number of carbonyl (C=O) groups excluding carboxylic acids is 2. The number of fused-ring (bicyclic) bond motifs is 1. The van der Waals surface area contributed by atoms with Gasteiger partial charge in [-0.15, -0.1) is 11.3 Å². The van der Waals surface area contributed by atoms with E-state index >= 15 is 0 Å². The number of carbonyl (C=O) groups is 2. The minimum absolute atomic E-state index is 0.325. The lowest BCUT2D eigenvalue weighted by Crippen LogP contribution is -2.33. The molecule has 1 aromatic heterocycles. The molecule has 4 rings (SSSR count). The number of hydrogen-bond acceptors (Lipinski definition) is 6. The number of hydrogen-bond donors (Lipinski definition) is 1. The Bertz CT molecular complexity index is 1390. The Hall–Kier alpha value is -3.39. The van der Waals surface area contributed by atoms with Crippen molar-refractivity contribution in [2.45, 2.75) is 13.0 Å². The molecule has 1 N–H and O–H groups in total. The van der Waals surface area contributed by atoms with Crippen LogP contribution in [0.2, 0.25) is 10.0 Å². The molecule has 3 aromatic carbocycles. The predicted octanol–water partition coefficient (Wildman–Crippen LogP) is 6.34. The Morgan fingerprint density at radius 1 is 1.00 bits per heavy atom. The predicted molar refractivity (Wildman–Crippen MR) is 136 cm³/mol. The van der Waals surface area contributed by atoms with Crippen LogP contribution >= 0.6 is 34.5 Å². The molecule has 9 heteroatoms. The van der Waals surface area contributed by atoms with Crippen LogP contribution in [0.4, 0.5) is 0 Å². The molecule has 0 saturated carbocycles. The van der Waals surface area contributed by atoms with Crippen molar-refractivity contribution in [3.8, 4) is 11.5 Å². The van der Waals surface area contributed by atoms with Crippen LogP contribution in [-0.2, 0) is 4.79 Å². The van der Waals surface area contributed by atoms with E-state index in [0.29, 0.717) is 32.0 Å². The third kappa shape index (κ3) is 5.75. The zero-order valence-corrected chi connectivity index (χ0v) is 20.2. The van der Waals surface area contributed by atoms with Crippen LogP contribution in [0.5, 0.6) is 11.5 Å². The Morgan fingerprint density at radius 2 is 1.76 bits per heavy atom. The van der Waals surface area contributed by atoms with Crippen LogP contribution in [0.15, 0.2) is 77.9 Å². The van der Waals surface area contributed by atoms with Gasteiger partial charge in [0.05, 0.1) is 11.2 Å². The number of amides is 1. The molecule has 1 atom stereocenters. The van der Waals surface area contributed by atoms with Gasteiger partial charge < -0.3 is 9.47 Å². The molecule has 4 aromatic rings. The van der Waals surface area contributed by atoms with Crippen molar-refractivity contribution >= 4 is 62.7 Å². The fraction of sp³-hybridized carbons (Fsp3) is 0.0800. The highest BCUT2D eigenvalue weighted by atomic mass is 35.5. The molecule has 34 heavy (non-hydrogen) atoms. The molecular weight excluding hydrogens is 495 g/mol. The zero-order valence-electron chi connectivity index (χ0n) is 17.8. The monoisotopic (exact) mass is 512 g/mol. The van der Waals surface area contributed by atoms with E-state index in [1.54, 1.807) is 55.5 Å². The molecule has 0 unspecified atom stereocenters. The van der Waals surface area contributed by atoms with Crippen LogP contribution in [-0.4, -0.2) is 24.2 Å². The highest BCUT2D eigenvalue weighted by Gasteiger charge is 2.19. The van der Waals surface area contributed by atoms with E-state index in [2.05, 4.69) is 10.5 Å². The summed E-state index contributed by atoms with van der Waals surface area (Å²) in [5.74, 6) is -0.169. The highest BCUT2D eigenvalue weighted by molar-refractivity contribution is 7.21. The molecule has 0 fully saturated rings. The first kappa shape index (κ1) is 23.8. The van der Waals surface area contributed by atoms with Gasteiger partial charge in [0.15, 0.2) is 6.10 Å². The maximum atomic E-state index is 12.7. The minimum Gasteiger partial charge on any atom is -0.481 e. The van der Waals surface area contributed by atoms with Crippen molar-refractivity contribution in [1.82, 2.24) is 5.43 Å². The molecule has 0 bridgehead atoms. The van der Waals surface area contributed by atoms with E-state index in [9.17, 15) is 9.59 Å². The molecule has 172 valence electrons. The number of hydrazone groups is 1. The SMILES string of the molecule is C[C@H](Oc1cccc(Cl)c1)C(=O)N/N=C\c1cccc(OC(=O)c2sc3ccccc3c2Cl)c1. The van der Waals surface area contributed by atoms with Crippen molar-refractivity contribution in [3.63, 3.8) is 0 Å². The van der Waals surface area contributed by atoms with E-state index in [1.807, 2.05) is 24.3 Å². The summed E-state index contributed by atoms with van der Waals surface area (Å²) in [5, 5.41) is 5.65. The van der Waals surface area contributed by atoms with Gasteiger partial charge in [-0.2, -0.15) is 5.10 Å². The summed E-state index contributed by atoms with van der Waals surface area (Å²) in [7, 11) is 0. The second-order valence-electron chi connectivity index (χ2n) is 7.16. The van der Waals surface area contributed by atoms with Crippen molar-refractivity contribution < 1.29 is 19.1 Å².